The molecule has 0 aliphatic carbocycles. The molecule has 1 aromatic rings. The monoisotopic (exact) mass is 301 g/mol. The fraction of sp³-hybridized carbons (Fsp3) is 0.500. The van der Waals surface area contributed by atoms with Gasteiger partial charge in [-0.05, 0) is 45.4 Å². The van der Waals surface area contributed by atoms with Crippen LogP contribution in [-0.2, 0) is 17.8 Å². The van der Waals surface area contributed by atoms with Gasteiger partial charge in [0.25, 0.3) is 0 Å². The lowest BCUT2D eigenvalue weighted by Gasteiger charge is -2.19. The van der Waals surface area contributed by atoms with Gasteiger partial charge in [0.05, 0.1) is 12.8 Å². The van der Waals surface area contributed by atoms with Crippen LogP contribution in [0.15, 0.2) is 22.6 Å². The highest BCUT2D eigenvalue weighted by Gasteiger charge is 2.26. The normalized spacial score (nSPS) is 14.4. The smallest absolute Gasteiger partial charge is 0.144 e. The molecule has 1 aromatic carbocycles. The summed E-state index contributed by atoms with van der Waals surface area (Å²) >= 11 is 4.68. The molecule has 0 aliphatic rings. The Kier molecular flexibility index (Phi) is 5.71. The second-order valence-corrected chi connectivity index (χ2v) is 7.66. The lowest BCUT2D eigenvalue weighted by Crippen LogP contribution is -2.26. The molecular formula is C14H20ClNO2S. The highest BCUT2D eigenvalue weighted by molar-refractivity contribution is 7.91. The summed E-state index contributed by atoms with van der Waals surface area (Å²) in [6, 6.07) is 5.48. The van der Waals surface area contributed by atoms with Crippen molar-refractivity contribution >= 4 is 28.7 Å². The van der Waals surface area contributed by atoms with Crippen LogP contribution in [0.1, 0.15) is 33.3 Å². The van der Waals surface area contributed by atoms with E-state index in [2.05, 4.69) is 4.40 Å². The predicted octanol–water partition coefficient (Wildman–Crippen LogP) is 3.81. The maximum atomic E-state index is 11.9. The molecule has 19 heavy (non-hydrogen) atoms. The minimum atomic E-state index is -1.23. The van der Waals surface area contributed by atoms with Crippen LogP contribution in [0, 0.1) is 0 Å². The van der Waals surface area contributed by atoms with Gasteiger partial charge in [0.1, 0.15) is 21.9 Å². The first-order chi connectivity index (χ1) is 8.74. The number of nitrogens with zero attached hydrogens (tertiary/aromatic N) is 1. The third-order valence-corrected chi connectivity index (χ3v) is 4.22. The van der Waals surface area contributed by atoms with E-state index in [4.69, 9.17) is 16.3 Å². The zero-order valence-electron chi connectivity index (χ0n) is 12.0. The van der Waals surface area contributed by atoms with Crippen molar-refractivity contribution in [3.63, 3.8) is 0 Å². The van der Waals surface area contributed by atoms with Crippen LogP contribution in [-0.4, -0.2) is 22.1 Å². The molecule has 0 aromatic heterocycles. The Morgan fingerprint density at radius 3 is 2.58 bits per heavy atom. The first kappa shape index (κ1) is 16.3. The summed E-state index contributed by atoms with van der Waals surface area (Å²) in [4.78, 5) is 0. The Bertz CT molecular complexity index is 469. The van der Waals surface area contributed by atoms with Gasteiger partial charge in [0.2, 0.25) is 0 Å². The van der Waals surface area contributed by atoms with Gasteiger partial charge < -0.3 is 9.29 Å². The number of hydrogen-bond donors (Lipinski definition) is 0. The van der Waals surface area contributed by atoms with Crippen molar-refractivity contribution in [2.45, 2.75) is 38.9 Å². The molecule has 0 bridgehead atoms. The van der Waals surface area contributed by atoms with Crippen LogP contribution in [0.2, 0.25) is 5.02 Å². The molecule has 0 aliphatic heterocycles. The zero-order chi connectivity index (χ0) is 14.6. The number of hydrogen-bond acceptors (Lipinski definition) is 3. The van der Waals surface area contributed by atoms with Crippen molar-refractivity contribution in [2.24, 2.45) is 4.40 Å². The molecular weight excluding hydrogens is 282 g/mol. The van der Waals surface area contributed by atoms with E-state index in [1.807, 2.05) is 39.8 Å². The molecule has 0 amide bonds. The Balaban J connectivity index is 2.88. The van der Waals surface area contributed by atoms with Crippen LogP contribution in [0.3, 0.4) is 0 Å². The molecule has 0 saturated carbocycles. The molecule has 0 heterocycles. The summed E-state index contributed by atoms with van der Waals surface area (Å²) < 4.78 is 21.1. The fourth-order valence-electron chi connectivity index (χ4n) is 1.45. The lowest BCUT2D eigenvalue weighted by atomic mass is 10.1. The van der Waals surface area contributed by atoms with Crippen LogP contribution in [0.4, 0.5) is 0 Å². The van der Waals surface area contributed by atoms with Crippen LogP contribution < -0.4 is 4.74 Å². The number of benzene rings is 1. The molecule has 0 N–H and O–H groups in total. The predicted molar refractivity (Wildman–Crippen MR) is 82.7 cm³/mol. The van der Waals surface area contributed by atoms with Crippen molar-refractivity contribution in [2.75, 3.05) is 7.11 Å². The molecule has 1 atom stereocenters. The molecule has 0 radical (unpaired) electrons. The van der Waals surface area contributed by atoms with E-state index in [1.165, 1.54) is 0 Å². The van der Waals surface area contributed by atoms with Crippen LogP contribution in [0.25, 0.3) is 0 Å². The van der Waals surface area contributed by atoms with E-state index >= 15 is 0 Å². The number of methoxy groups -OCH3 is 1. The number of rotatable bonds is 4. The highest BCUT2D eigenvalue weighted by atomic mass is 35.5. The molecule has 0 spiro atoms. The van der Waals surface area contributed by atoms with Gasteiger partial charge in [-0.2, -0.15) is 0 Å². The van der Waals surface area contributed by atoms with Crippen molar-refractivity contribution in [3.05, 3.63) is 28.8 Å². The highest BCUT2D eigenvalue weighted by Crippen LogP contribution is 2.24. The topological polar surface area (TPSA) is 44.6 Å². The quantitative estimate of drug-likeness (QED) is 0.627. The summed E-state index contributed by atoms with van der Waals surface area (Å²) in [5, 5.41) is 0.633. The standard InChI is InChI=1S/C14H20ClNO2S/c1-10(16-19(17)14(2,3)4)8-11-6-7-12(15)9-13(11)18-5/h6-7,9H,8H2,1-5H3. The summed E-state index contributed by atoms with van der Waals surface area (Å²) in [7, 11) is 1.61. The van der Waals surface area contributed by atoms with Gasteiger partial charge in [0, 0.05) is 11.4 Å². The van der Waals surface area contributed by atoms with E-state index in [0.29, 0.717) is 11.4 Å². The largest absolute Gasteiger partial charge is 0.591 e. The second-order valence-electron chi connectivity index (χ2n) is 5.32. The van der Waals surface area contributed by atoms with E-state index < -0.39 is 11.4 Å². The minimum Gasteiger partial charge on any atom is -0.591 e. The molecule has 3 nitrogen and oxygen atoms in total. The Morgan fingerprint density at radius 2 is 2.05 bits per heavy atom. The van der Waals surface area contributed by atoms with Gasteiger partial charge in [-0.1, -0.05) is 22.1 Å². The van der Waals surface area contributed by atoms with E-state index in [-0.39, 0.29) is 4.75 Å². The molecule has 106 valence electrons. The third kappa shape index (κ3) is 5.05. The molecule has 0 fully saturated rings. The second kappa shape index (κ2) is 6.64. The van der Waals surface area contributed by atoms with Gasteiger partial charge in [-0.15, -0.1) is 0 Å². The maximum Gasteiger partial charge on any atom is 0.144 e. The summed E-state index contributed by atoms with van der Waals surface area (Å²) in [5.41, 5.74) is 1.80. The molecule has 0 saturated heterocycles. The van der Waals surface area contributed by atoms with Gasteiger partial charge >= 0.3 is 0 Å². The average molecular weight is 302 g/mol. The van der Waals surface area contributed by atoms with Gasteiger partial charge in [-0.25, -0.2) is 0 Å². The Hall–Kier alpha value is -0.710. The van der Waals surface area contributed by atoms with Crippen molar-refractivity contribution in [3.8, 4) is 5.75 Å². The third-order valence-electron chi connectivity index (χ3n) is 2.46. The summed E-state index contributed by atoms with van der Waals surface area (Å²) in [5.74, 6) is 0.726. The van der Waals surface area contributed by atoms with Crippen LogP contribution >= 0.6 is 11.6 Å². The molecule has 5 heteroatoms. The van der Waals surface area contributed by atoms with Gasteiger partial charge in [-0.3, -0.25) is 0 Å². The summed E-state index contributed by atoms with van der Waals surface area (Å²) in [6.45, 7) is 7.59. The zero-order valence-corrected chi connectivity index (χ0v) is 13.6. The SMILES string of the molecule is COc1cc(Cl)ccc1CC(C)=N[S+]([O-])C(C)(C)C. The molecule has 1 rings (SSSR count). The average Bonchev–Trinajstić information content (AvgIpc) is 2.30. The van der Waals surface area contributed by atoms with Crippen molar-refractivity contribution in [1.82, 2.24) is 0 Å². The van der Waals surface area contributed by atoms with Crippen molar-refractivity contribution < 1.29 is 9.29 Å². The van der Waals surface area contributed by atoms with E-state index in [0.717, 1.165) is 17.0 Å². The Morgan fingerprint density at radius 1 is 1.42 bits per heavy atom. The van der Waals surface area contributed by atoms with Crippen LogP contribution in [0.5, 0.6) is 5.75 Å². The van der Waals surface area contributed by atoms with E-state index in [1.54, 1.807) is 13.2 Å². The van der Waals surface area contributed by atoms with Crippen molar-refractivity contribution in [1.29, 1.82) is 0 Å². The minimum absolute atomic E-state index is 0.342. The first-order valence-corrected chi connectivity index (χ1v) is 7.51. The molecule has 1 unspecified atom stereocenters. The summed E-state index contributed by atoms with van der Waals surface area (Å²) in [6.07, 6.45) is 0.599. The van der Waals surface area contributed by atoms with Gasteiger partial charge in [0.15, 0.2) is 0 Å². The fourth-order valence-corrected chi connectivity index (χ4v) is 2.23. The van der Waals surface area contributed by atoms with E-state index in [9.17, 15) is 4.55 Å². The first-order valence-electron chi connectivity index (χ1n) is 6.02. The maximum absolute atomic E-state index is 11.9. The Labute approximate surface area is 123 Å². The number of halogens is 1. The number of ether oxygens (including phenoxy) is 1. The lowest BCUT2D eigenvalue weighted by molar-refractivity contribution is 0.411.